The van der Waals surface area contributed by atoms with E-state index >= 15 is 0 Å². The highest BCUT2D eigenvalue weighted by Crippen LogP contribution is 2.33. The molecule has 1 aliphatic carbocycles. The van der Waals surface area contributed by atoms with Gasteiger partial charge in [0.2, 0.25) is 5.91 Å². The molecular weight excluding hydrogens is 255 g/mol. The van der Waals surface area contributed by atoms with Crippen molar-refractivity contribution in [3.8, 4) is 0 Å². The molecule has 1 amide bonds. The molecule has 3 nitrogen and oxygen atoms in total. The first-order valence-electron chi connectivity index (χ1n) is 7.42. The van der Waals surface area contributed by atoms with Crippen LogP contribution in [0.4, 0.5) is 4.39 Å². The summed E-state index contributed by atoms with van der Waals surface area (Å²) in [6.07, 6.45) is 3.10. The first kappa shape index (κ1) is 13.6. The SMILES string of the molecule is C[C@H]1CN[C@H](c2ccc(F)cc2)CN1C(=O)CC1CC1. The summed E-state index contributed by atoms with van der Waals surface area (Å²) in [4.78, 5) is 14.3. The number of carbonyl (C=O) groups is 1. The van der Waals surface area contributed by atoms with E-state index in [0.717, 1.165) is 12.1 Å². The van der Waals surface area contributed by atoms with Crippen molar-refractivity contribution >= 4 is 5.91 Å². The summed E-state index contributed by atoms with van der Waals surface area (Å²) in [6.45, 7) is 3.55. The summed E-state index contributed by atoms with van der Waals surface area (Å²) in [5.41, 5.74) is 1.04. The Morgan fingerprint density at radius 1 is 1.35 bits per heavy atom. The van der Waals surface area contributed by atoms with Gasteiger partial charge in [-0.3, -0.25) is 4.79 Å². The van der Waals surface area contributed by atoms with Crippen molar-refractivity contribution in [1.82, 2.24) is 10.2 Å². The number of amides is 1. The quantitative estimate of drug-likeness (QED) is 0.920. The number of hydrogen-bond acceptors (Lipinski definition) is 2. The minimum Gasteiger partial charge on any atom is -0.337 e. The van der Waals surface area contributed by atoms with Gasteiger partial charge in [-0.2, -0.15) is 0 Å². The van der Waals surface area contributed by atoms with E-state index in [2.05, 4.69) is 12.2 Å². The van der Waals surface area contributed by atoms with Crippen LogP contribution >= 0.6 is 0 Å². The van der Waals surface area contributed by atoms with Crippen LogP contribution in [0.25, 0.3) is 0 Å². The highest BCUT2D eigenvalue weighted by atomic mass is 19.1. The van der Waals surface area contributed by atoms with Crippen molar-refractivity contribution < 1.29 is 9.18 Å². The molecule has 20 heavy (non-hydrogen) atoms. The van der Waals surface area contributed by atoms with Crippen LogP contribution in [0.15, 0.2) is 24.3 Å². The van der Waals surface area contributed by atoms with E-state index in [4.69, 9.17) is 0 Å². The Hall–Kier alpha value is -1.42. The topological polar surface area (TPSA) is 32.3 Å². The fraction of sp³-hybridized carbons (Fsp3) is 0.562. The molecule has 0 bridgehead atoms. The van der Waals surface area contributed by atoms with Crippen molar-refractivity contribution in [2.75, 3.05) is 13.1 Å². The lowest BCUT2D eigenvalue weighted by Gasteiger charge is -2.39. The van der Waals surface area contributed by atoms with Crippen LogP contribution in [-0.4, -0.2) is 29.9 Å². The average molecular weight is 276 g/mol. The van der Waals surface area contributed by atoms with Gasteiger partial charge in [0.25, 0.3) is 0 Å². The molecule has 3 rings (SSSR count). The Bertz CT molecular complexity index is 484. The summed E-state index contributed by atoms with van der Waals surface area (Å²) < 4.78 is 13.0. The molecule has 1 aliphatic heterocycles. The van der Waals surface area contributed by atoms with Gasteiger partial charge >= 0.3 is 0 Å². The van der Waals surface area contributed by atoms with E-state index in [1.165, 1.54) is 25.0 Å². The smallest absolute Gasteiger partial charge is 0.223 e. The standard InChI is InChI=1S/C16H21FN2O/c1-11-9-18-15(13-4-6-14(17)7-5-13)10-19(11)16(20)8-12-2-3-12/h4-7,11-12,15,18H,2-3,8-10H2,1H3/t11-,15-/m0/s1. The van der Waals surface area contributed by atoms with Crippen LogP contribution in [-0.2, 0) is 4.79 Å². The number of halogens is 1. The number of nitrogens with one attached hydrogen (secondary N) is 1. The maximum Gasteiger partial charge on any atom is 0.223 e. The number of benzene rings is 1. The van der Waals surface area contributed by atoms with Gasteiger partial charge in [0.1, 0.15) is 5.82 Å². The van der Waals surface area contributed by atoms with Crippen LogP contribution in [0.1, 0.15) is 37.8 Å². The van der Waals surface area contributed by atoms with Crippen LogP contribution in [0.2, 0.25) is 0 Å². The molecule has 1 N–H and O–H groups in total. The van der Waals surface area contributed by atoms with Gasteiger partial charge in [-0.15, -0.1) is 0 Å². The monoisotopic (exact) mass is 276 g/mol. The lowest BCUT2D eigenvalue weighted by Crippen LogP contribution is -2.53. The zero-order valence-corrected chi connectivity index (χ0v) is 11.8. The second-order valence-corrected chi connectivity index (χ2v) is 6.06. The van der Waals surface area contributed by atoms with Gasteiger partial charge < -0.3 is 10.2 Å². The van der Waals surface area contributed by atoms with Gasteiger partial charge in [0, 0.05) is 31.6 Å². The summed E-state index contributed by atoms with van der Waals surface area (Å²) in [7, 11) is 0. The Balaban J connectivity index is 1.68. The highest BCUT2D eigenvalue weighted by Gasteiger charge is 2.32. The Labute approximate surface area is 119 Å². The first-order chi connectivity index (χ1) is 9.63. The molecule has 1 heterocycles. The van der Waals surface area contributed by atoms with Crippen molar-refractivity contribution in [3.05, 3.63) is 35.6 Å². The maximum absolute atomic E-state index is 13.0. The van der Waals surface area contributed by atoms with Crippen molar-refractivity contribution in [2.45, 2.75) is 38.3 Å². The van der Waals surface area contributed by atoms with E-state index < -0.39 is 0 Å². The third-order valence-corrected chi connectivity index (χ3v) is 4.32. The highest BCUT2D eigenvalue weighted by molar-refractivity contribution is 5.77. The zero-order chi connectivity index (χ0) is 14.1. The molecule has 0 aromatic heterocycles. The fourth-order valence-electron chi connectivity index (χ4n) is 2.82. The molecule has 2 fully saturated rings. The molecule has 4 heteroatoms. The lowest BCUT2D eigenvalue weighted by molar-refractivity contribution is -0.135. The molecule has 0 radical (unpaired) electrons. The number of piperazine rings is 1. The van der Waals surface area contributed by atoms with Gasteiger partial charge in [0.05, 0.1) is 0 Å². The third kappa shape index (κ3) is 3.01. The van der Waals surface area contributed by atoms with E-state index in [1.54, 1.807) is 12.1 Å². The third-order valence-electron chi connectivity index (χ3n) is 4.32. The van der Waals surface area contributed by atoms with Gasteiger partial charge in [-0.25, -0.2) is 4.39 Å². The molecule has 1 aromatic carbocycles. The Kier molecular flexibility index (Phi) is 3.74. The fourth-order valence-corrected chi connectivity index (χ4v) is 2.82. The lowest BCUT2D eigenvalue weighted by atomic mass is 10.0. The molecule has 0 unspecified atom stereocenters. The van der Waals surface area contributed by atoms with E-state index in [-0.39, 0.29) is 23.8 Å². The second kappa shape index (κ2) is 5.52. The van der Waals surface area contributed by atoms with E-state index in [1.807, 2.05) is 4.90 Å². The molecule has 1 saturated heterocycles. The van der Waals surface area contributed by atoms with Crippen molar-refractivity contribution in [3.63, 3.8) is 0 Å². The normalized spacial score (nSPS) is 26.6. The molecule has 2 aliphatic rings. The van der Waals surface area contributed by atoms with Crippen LogP contribution in [0, 0.1) is 11.7 Å². The number of hydrogen-bond donors (Lipinski definition) is 1. The maximum atomic E-state index is 13.0. The summed E-state index contributed by atoms with van der Waals surface area (Å²) in [5, 5.41) is 3.44. The van der Waals surface area contributed by atoms with Crippen LogP contribution < -0.4 is 5.32 Å². The first-order valence-corrected chi connectivity index (χ1v) is 7.42. The number of carbonyl (C=O) groups excluding carboxylic acids is 1. The zero-order valence-electron chi connectivity index (χ0n) is 11.8. The predicted octanol–water partition coefficient (Wildman–Crippen LogP) is 2.49. The molecule has 0 spiro atoms. The van der Waals surface area contributed by atoms with Crippen molar-refractivity contribution in [2.24, 2.45) is 5.92 Å². The Morgan fingerprint density at radius 2 is 2.05 bits per heavy atom. The number of rotatable bonds is 3. The Morgan fingerprint density at radius 3 is 2.70 bits per heavy atom. The summed E-state index contributed by atoms with van der Waals surface area (Å²) in [5.74, 6) is 0.669. The van der Waals surface area contributed by atoms with E-state index in [9.17, 15) is 9.18 Å². The van der Waals surface area contributed by atoms with Gasteiger partial charge in [-0.05, 0) is 43.4 Å². The molecule has 1 aromatic rings. The van der Waals surface area contributed by atoms with Gasteiger partial charge in [0.15, 0.2) is 0 Å². The average Bonchev–Trinajstić information content (AvgIpc) is 3.24. The minimum atomic E-state index is -0.223. The largest absolute Gasteiger partial charge is 0.337 e. The molecule has 2 atom stereocenters. The van der Waals surface area contributed by atoms with Crippen LogP contribution in [0.3, 0.4) is 0 Å². The number of nitrogens with zero attached hydrogens (tertiary/aromatic N) is 1. The van der Waals surface area contributed by atoms with E-state index in [0.29, 0.717) is 18.9 Å². The second-order valence-electron chi connectivity index (χ2n) is 6.06. The van der Waals surface area contributed by atoms with Crippen molar-refractivity contribution in [1.29, 1.82) is 0 Å². The predicted molar refractivity (Wildman–Crippen MR) is 75.7 cm³/mol. The molecule has 108 valence electrons. The summed E-state index contributed by atoms with van der Waals surface area (Å²) >= 11 is 0. The molecule has 1 saturated carbocycles. The van der Waals surface area contributed by atoms with Gasteiger partial charge in [-0.1, -0.05) is 12.1 Å². The van der Waals surface area contributed by atoms with Crippen LogP contribution in [0.5, 0.6) is 0 Å². The summed E-state index contributed by atoms with van der Waals surface area (Å²) in [6, 6.07) is 6.89. The minimum absolute atomic E-state index is 0.106. The molecular formula is C16H21FN2O.